The second-order valence-corrected chi connectivity index (χ2v) is 6.67. The molecule has 4 rings (SSSR count). The quantitative estimate of drug-likeness (QED) is 0.898. The second kappa shape index (κ2) is 5.53. The van der Waals surface area contributed by atoms with Crippen molar-refractivity contribution in [3.63, 3.8) is 0 Å². The Balaban J connectivity index is 1.57. The van der Waals surface area contributed by atoms with Crippen LogP contribution in [0.3, 0.4) is 0 Å². The molecule has 0 radical (unpaired) electrons. The van der Waals surface area contributed by atoms with Crippen LogP contribution < -0.4 is 14.8 Å². The van der Waals surface area contributed by atoms with Crippen LogP contribution in [-0.2, 0) is 0 Å². The minimum Gasteiger partial charge on any atom is -0.486 e. The van der Waals surface area contributed by atoms with Gasteiger partial charge in [-0.3, -0.25) is 0 Å². The first-order valence-electron chi connectivity index (χ1n) is 8.51. The lowest BCUT2D eigenvalue weighted by Gasteiger charge is -2.24. The minimum atomic E-state index is 0.496. The Bertz CT molecular complexity index is 506. The predicted octanol–water partition coefficient (Wildman–Crippen LogP) is 3.54. The summed E-state index contributed by atoms with van der Waals surface area (Å²) >= 11 is 0. The third-order valence-electron chi connectivity index (χ3n) is 5.40. The number of nitrogens with one attached hydrogen (secondary N) is 1. The van der Waals surface area contributed by atoms with E-state index in [0.29, 0.717) is 19.3 Å². The summed E-state index contributed by atoms with van der Waals surface area (Å²) in [5.74, 6) is 4.59. The molecular formula is C18H25NO2. The Morgan fingerprint density at radius 3 is 2.67 bits per heavy atom. The molecule has 0 amide bonds. The van der Waals surface area contributed by atoms with E-state index in [4.69, 9.17) is 9.47 Å². The Kier molecular flexibility index (Phi) is 3.54. The molecule has 0 saturated heterocycles. The van der Waals surface area contributed by atoms with Crippen LogP contribution in [0.5, 0.6) is 11.5 Å². The number of benzene rings is 1. The molecule has 2 saturated carbocycles. The van der Waals surface area contributed by atoms with E-state index in [1.54, 1.807) is 0 Å². The molecule has 0 bridgehead atoms. The molecule has 2 fully saturated rings. The number of fused-ring (bicyclic) bond motifs is 2. The Labute approximate surface area is 127 Å². The van der Waals surface area contributed by atoms with Gasteiger partial charge in [-0.25, -0.2) is 0 Å². The minimum absolute atomic E-state index is 0.496. The van der Waals surface area contributed by atoms with Crippen molar-refractivity contribution in [2.24, 2.45) is 17.8 Å². The Morgan fingerprint density at radius 1 is 1.14 bits per heavy atom. The van der Waals surface area contributed by atoms with E-state index in [0.717, 1.165) is 35.8 Å². The number of ether oxygens (including phenoxy) is 2. The molecule has 21 heavy (non-hydrogen) atoms. The maximum absolute atomic E-state index is 5.76. The first-order chi connectivity index (χ1) is 10.4. The molecule has 3 nitrogen and oxygen atoms in total. The first kappa shape index (κ1) is 13.4. The summed E-state index contributed by atoms with van der Waals surface area (Å²) in [4.78, 5) is 0. The van der Waals surface area contributed by atoms with Gasteiger partial charge in [-0.05, 0) is 61.3 Å². The number of hydrogen-bond donors (Lipinski definition) is 1. The fraction of sp³-hybridized carbons (Fsp3) is 0.667. The number of hydrogen-bond acceptors (Lipinski definition) is 3. The molecule has 2 aliphatic carbocycles. The van der Waals surface area contributed by atoms with Crippen molar-refractivity contribution in [2.75, 3.05) is 19.8 Å². The van der Waals surface area contributed by atoms with Crippen LogP contribution in [-0.4, -0.2) is 19.8 Å². The molecule has 1 aliphatic heterocycles. The zero-order valence-electron chi connectivity index (χ0n) is 12.8. The van der Waals surface area contributed by atoms with Gasteiger partial charge in [0.05, 0.1) is 0 Å². The van der Waals surface area contributed by atoms with E-state index < -0.39 is 0 Å². The zero-order valence-corrected chi connectivity index (χ0v) is 12.8. The van der Waals surface area contributed by atoms with Gasteiger partial charge in [0.2, 0.25) is 0 Å². The molecule has 0 spiro atoms. The van der Waals surface area contributed by atoms with Crippen LogP contribution >= 0.6 is 0 Å². The van der Waals surface area contributed by atoms with Crippen molar-refractivity contribution in [2.45, 2.75) is 38.6 Å². The SMILES string of the molecule is CCCNC(c1ccc2c(c1)OCCO2)C1C2CCCC21. The van der Waals surface area contributed by atoms with Crippen LogP contribution in [0.15, 0.2) is 18.2 Å². The fourth-order valence-electron chi connectivity index (χ4n) is 4.40. The topological polar surface area (TPSA) is 30.5 Å². The largest absolute Gasteiger partial charge is 0.486 e. The molecule has 1 aromatic carbocycles. The fourth-order valence-corrected chi connectivity index (χ4v) is 4.40. The Morgan fingerprint density at radius 2 is 1.90 bits per heavy atom. The predicted molar refractivity (Wildman–Crippen MR) is 82.8 cm³/mol. The van der Waals surface area contributed by atoms with Gasteiger partial charge in [-0.1, -0.05) is 19.4 Å². The third kappa shape index (κ3) is 2.42. The molecule has 3 unspecified atom stereocenters. The summed E-state index contributed by atoms with van der Waals surface area (Å²) in [5.41, 5.74) is 1.38. The van der Waals surface area contributed by atoms with Crippen molar-refractivity contribution < 1.29 is 9.47 Å². The van der Waals surface area contributed by atoms with Crippen LogP contribution in [0.4, 0.5) is 0 Å². The molecule has 3 aliphatic rings. The first-order valence-corrected chi connectivity index (χ1v) is 8.51. The molecule has 1 aromatic rings. The van der Waals surface area contributed by atoms with Crippen molar-refractivity contribution in [3.05, 3.63) is 23.8 Å². The van der Waals surface area contributed by atoms with Crippen LogP contribution in [0, 0.1) is 17.8 Å². The van der Waals surface area contributed by atoms with Gasteiger partial charge in [0.15, 0.2) is 11.5 Å². The van der Waals surface area contributed by atoms with Gasteiger partial charge in [0, 0.05) is 6.04 Å². The summed E-state index contributed by atoms with van der Waals surface area (Å²) in [5, 5.41) is 3.79. The summed E-state index contributed by atoms with van der Waals surface area (Å²) in [6.07, 6.45) is 5.49. The highest BCUT2D eigenvalue weighted by Crippen LogP contribution is 2.62. The molecule has 1 heterocycles. The Hall–Kier alpha value is -1.22. The maximum Gasteiger partial charge on any atom is 0.161 e. The average Bonchev–Trinajstić information content (AvgIpc) is 2.99. The van der Waals surface area contributed by atoms with Gasteiger partial charge >= 0.3 is 0 Å². The molecule has 114 valence electrons. The lowest BCUT2D eigenvalue weighted by molar-refractivity contribution is 0.171. The van der Waals surface area contributed by atoms with Crippen molar-refractivity contribution in [1.29, 1.82) is 0 Å². The van der Waals surface area contributed by atoms with E-state index in [1.165, 1.54) is 31.2 Å². The standard InChI is InChI=1S/C18H25NO2/c1-2-8-19-18(17-13-4-3-5-14(13)17)12-6-7-15-16(11-12)21-10-9-20-15/h6-7,11,13-14,17-19H,2-5,8-10H2,1H3. The molecule has 3 heteroatoms. The summed E-state index contributed by atoms with van der Waals surface area (Å²) in [7, 11) is 0. The van der Waals surface area contributed by atoms with E-state index >= 15 is 0 Å². The van der Waals surface area contributed by atoms with Crippen LogP contribution in [0.2, 0.25) is 0 Å². The van der Waals surface area contributed by atoms with Gasteiger partial charge in [0.25, 0.3) is 0 Å². The van der Waals surface area contributed by atoms with E-state index in [2.05, 4.69) is 30.4 Å². The van der Waals surface area contributed by atoms with Gasteiger partial charge in [0.1, 0.15) is 13.2 Å². The van der Waals surface area contributed by atoms with Gasteiger partial charge in [-0.15, -0.1) is 0 Å². The zero-order chi connectivity index (χ0) is 14.2. The average molecular weight is 287 g/mol. The summed E-state index contributed by atoms with van der Waals surface area (Å²) < 4.78 is 11.4. The second-order valence-electron chi connectivity index (χ2n) is 6.67. The van der Waals surface area contributed by atoms with Crippen molar-refractivity contribution >= 4 is 0 Å². The highest BCUT2D eigenvalue weighted by Gasteiger charge is 2.55. The lowest BCUT2D eigenvalue weighted by atomic mass is 9.96. The van der Waals surface area contributed by atoms with Gasteiger partial charge in [-0.2, -0.15) is 0 Å². The highest BCUT2D eigenvalue weighted by molar-refractivity contribution is 5.45. The number of rotatable bonds is 5. The normalized spacial score (nSPS) is 30.8. The van der Waals surface area contributed by atoms with E-state index in [9.17, 15) is 0 Å². The third-order valence-corrected chi connectivity index (χ3v) is 5.40. The highest BCUT2D eigenvalue weighted by atomic mass is 16.6. The molecular weight excluding hydrogens is 262 g/mol. The lowest BCUT2D eigenvalue weighted by Crippen LogP contribution is -2.26. The van der Waals surface area contributed by atoms with E-state index in [1.807, 2.05) is 0 Å². The summed E-state index contributed by atoms with van der Waals surface area (Å²) in [6.45, 7) is 4.66. The molecule has 0 aromatic heterocycles. The molecule has 1 N–H and O–H groups in total. The van der Waals surface area contributed by atoms with Crippen LogP contribution in [0.1, 0.15) is 44.2 Å². The smallest absolute Gasteiger partial charge is 0.161 e. The monoisotopic (exact) mass is 287 g/mol. The van der Waals surface area contributed by atoms with Crippen molar-refractivity contribution in [1.82, 2.24) is 5.32 Å². The maximum atomic E-state index is 5.76. The summed E-state index contributed by atoms with van der Waals surface area (Å²) in [6, 6.07) is 7.02. The molecule has 3 atom stereocenters. The van der Waals surface area contributed by atoms with Gasteiger partial charge < -0.3 is 14.8 Å². The van der Waals surface area contributed by atoms with Crippen LogP contribution in [0.25, 0.3) is 0 Å². The van der Waals surface area contributed by atoms with Crippen molar-refractivity contribution in [3.8, 4) is 11.5 Å². The van der Waals surface area contributed by atoms with E-state index in [-0.39, 0.29) is 0 Å².